The van der Waals surface area contributed by atoms with E-state index in [-0.39, 0.29) is 24.1 Å². The number of amides is 2. The number of thioether (sulfide) groups is 1. The van der Waals surface area contributed by atoms with Crippen molar-refractivity contribution in [3.05, 3.63) is 120 Å². The van der Waals surface area contributed by atoms with Gasteiger partial charge in [0.1, 0.15) is 6.54 Å². The van der Waals surface area contributed by atoms with Gasteiger partial charge in [0.05, 0.1) is 17.1 Å². The van der Waals surface area contributed by atoms with E-state index in [0.717, 1.165) is 32.3 Å². The number of carbonyl (C=O) groups is 2. The Bertz CT molecular complexity index is 1340. The van der Waals surface area contributed by atoms with E-state index in [1.165, 1.54) is 16.8 Å². The van der Waals surface area contributed by atoms with E-state index in [2.05, 4.69) is 17.6 Å². The Hall–Kier alpha value is -3.68. The summed E-state index contributed by atoms with van der Waals surface area (Å²) in [6.07, 6.45) is 0. The predicted molar refractivity (Wildman–Crippen MR) is 145 cm³/mol. The van der Waals surface area contributed by atoms with Gasteiger partial charge in [0.25, 0.3) is 11.8 Å². The molecule has 0 radical (unpaired) electrons. The Balaban J connectivity index is 1.35. The average molecular weight is 510 g/mol. The SMILES string of the molecule is O=C(CN1c2ccccc2Sc2ccccc21)NN1C(=O)CSC1(c1ccccc1)c1ccccc1. The molecule has 0 bridgehead atoms. The van der Waals surface area contributed by atoms with Gasteiger partial charge in [-0.05, 0) is 35.4 Å². The Kier molecular flexibility index (Phi) is 5.95. The average Bonchev–Trinajstić information content (AvgIpc) is 3.26. The molecule has 5 nitrogen and oxygen atoms in total. The molecule has 6 rings (SSSR count). The molecule has 2 aliphatic rings. The first-order valence-electron chi connectivity index (χ1n) is 11.7. The van der Waals surface area contributed by atoms with Crippen LogP contribution in [-0.4, -0.2) is 29.1 Å². The molecule has 1 N–H and O–H groups in total. The fourth-order valence-electron chi connectivity index (χ4n) is 4.79. The largest absolute Gasteiger partial charge is 0.330 e. The van der Waals surface area contributed by atoms with Crippen LogP contribution in [0.25, 0.3) is 0 Å². The van der Waals surface area contributed by atoms with Gasteiger partial charge < -0.3 is 4.90 Å². The van der Waals surface area contributed by atoms with E-state index in [1.54, 1.807) is 11.8 Å². The molecule has 0 saturated carbocycles. The number of nitrogens with zero attached hydrogens (tertiary/aromatic N) is 2. The Morgan fingerprint density at radius 2 is 1.25 bits per heavy atom. The minimum Gasteiger partial charge on any atom is -0.330 e. The van der Waals surface area contributed by atoms with Crippen molar-refractivity contribution in [1.82, 2.24) is 10.4 Å². The first kappa shape index (κ1) is 22.8. The van der Waals surface area contributed by atoms with E-state index in [1.807, 2.05) is 102 Å². The zero-order valence-electron chi connectivity index (χ0n) is 19.3. The molecule has 2 aliphatic heterocycles. The van der Waals surface area contributed by atoms with Crippen LogP contribution in [0.5, 0.6) is 0 Å². The molecule has 1 fully saturated rings. The topological polar surface area (TPSA) is 52.7 Å². The standard InChI is InChI=1S/C29H23N3O2S2/c33-27(19-31-23-15-7-9-17-25(23)36-26-18-10-8-16-24(26)31)30-32-28(34)20-35-29(32,21-11-3-1-4-12-21)22-13-5-2-6-14-22/h1-18H,19-20H2,(H,30,33). The van der Waals surface area contributed by atoms with Gasteiger partial charge in [0.2, 0.25) is 0 Å². The second kappa shape index (κ2) is 9.41. The molecule has 2 amide bonds. The number of benzene rings is 4. The molecule has 0 aromatic heterocycles. The van der Waals surface area contributed by atoms with Crippen molar-refractivity contribution in [1.29, 1.82) is 0 Å². The molecular formula is C29H23N3O2S2. The minimum absolute atomic E-state index is 0.0860. The number of hydrogen-bond donors (Lipinski definition) is 1. The summed E-state index contributed by atoms with van der Waals surface area (Å²) in [5.41, 5.74) is 6.85. The number of hydrazine groups is 1. The maximum absolute atomic E-state index is 13.6. The van der Waals surface area contributed by atoms with E-state index in [9.17, 15) is 9.59 Å². The Labute approximate surface area is 218 Å². The van der Waals surface area contributed by atoms with Gasteiger partial charge in [0, 0.05) is 9.79 Å². The van der Waals surface area contributed by atoms with Crippen LogP contribution in [0.4, 0.5) is 11.4 Å². The van der Waals surface area contributed by atoms with Gasteiger partial charge in [-0.3, -0.25) is 15.0 Å². The first-order chi connectivity index (χ1) is 17.7. The van der Waals surface area contributed by atoms with Crippen LogP contribution in [0, 0.1) is 0 Å². The minimum atomic E-state index is -0.844. The molecule has 4 aromatic carbocycles. The summed E-state index contributed by atoms with van der Waals surface area (Å²) < 4.78 is 0. The predicted octanol–water partition coefficient (Wildman–Crippen LogP) is 5.80. The van der Waals surface area contributed by atoms with Crippen molar-refractivity contribution in [3.8, 4) is 0 Å². The van der Waals surface area contributed by atoms with Crippen molar-refractivity contribution in [2.24, 2.45) is 0 Å². The van der Waals surface area contributed by atoms with Crippen molar-refractivity contribution in [2.75, 3.05) is 17.2 Å². The molecule has 178 valence electrons. The van der Waals surface area contributed by atoms with Gasteiger partial charge in [0.15, 0.2) is 4.87 Å². The van der Waals surface area contributed by atoms with Crippen LogP contribution in [0.3, 0.4) is 0 Å². The summed E-state index contributed by atoms with van der Waals surface area (Å²) in [6.45, 7) is 0.0860. The summed E-state index contributed by atoms with van der Waals surface area (Å²) in [6, 6.07) is 35.9. The van der Waals surface area contributed by atoms with Crippen molar-refractivity contribution < 1.29 is 9.59 Å². The number of anilines is 2. The molecule has 36 heavy (non-hydrogen) atoms. The van der Waals surface area contributed by atoms with Crippen LogP contribution in [0.15, 0.2) is 119 Å². The molecule has 7 heteroatoms. The molecule has 0 unspecified atom stereocenters. The normalized spacial score (nSPS) is 15.8. The third kappa shape index (κ3) is 3.85. The van der Waals surface area contributed by atoms with Gasteiger partial charge in [-0.2, -0.15) is 0 Å². The highest BCUT2D eigenvalue weighted by molar-refractivity contribution is 8.01. The van der Waals surface area contributed by atoms with Crippen molar-refractivity contribution in [2.45, 2.75) is 14.7 Å². The lowest BCUT2D eigenvalue weighted by molar-refractivity contribution is -0.140. The second-order valence-electron chi connectivity index (χ2n) is 8.55. The quantitative estimate of drug-likeness (QED) is 0.369. The number of para-hydroxylation sites is 2. The lowest BCUT2D eigenvalue weighted by atomic mass is 9.97. The third-order valence-corrected chi connectivity index (χ3v) is 8.96. The lowest BCUT2D eigenvalue weighted by Gasteiger charge is -2.39. The number of hydrogen-bond acceptors (Lipinski definition) is 5. The lowest BCUT2D eigenvalue weighted by Crippen LogP contribution is -2.55. The molecule has 0 aliphatic carbocycles. The fraction of sp³-hybridized carbons (Fsp3) is 0.103. The van der Waals surface area contributed by atoms with Crippen LogP contribution in [-0.2, 0) is 14.5 Å². The number of fused-ring (bicyclic) bond motifs is 2. The maximum atomic E-state index is 13.6. The second-order valence-corrected chi connectivity index (χ2v) is 10.8. The van der Waals surface area contributed by atoms with Crippen LogP contribution < -0.4 is 10.3 Å². The molecular weight excluding hydrogens is 486 g/mol. The van der Waals surface area contributed by atoms with E-state index in [4.69, 9.17) is 0 Å². The van der Waals surface area contributed by atoms with E-state index >= 15 is 0 Å². The highest BCUT2D eigenvalue weighted by Crippen LogP contribution is 2.50. The molecule has 1 saturated heterocycles. The third-order valence-electron chi connectivity index (χ3n) is 6.37. The first-order valence-corrected chi connectivity index (χ1v) is 13.5. The van der Waals surface area contributed by atoms with Gasteiger partial charge in [-0.25, -0.2) is 5.01 Å². The molecule has 4 aromatic rings. The summed E-state index contributed by atoms with van der Waals surface area (Å²) in [5, 5.41) is 1.53. The summed E-state index contributed by atoms with van der Waals surface area (Å²) >= 11 is 3.22. The number of carbonyl (C=O) groups excluding carboxylic acids is 2. The zero-order chi connectivity index (χ0) is 24.5. The highest BCUT2D eigenvalue weighted by Gasteiger charge is 2.50. The Morgan fingerprint density at radius 3 is 1.81 bits per heavy atom. The van der Waals surface area contributed by atoms with E-state index < -0.39 is 4.87 Å². The van der Waals surface area contributed by atoms with Crippen molar-refractivity contribution in [3.63, 3.8) is 0 Å². The molecule has 2 heterocycles. The fourth-order valence-corrected chi connectivity index (χ4v) is 7.23. The molecule has 0 atom stereocenters. The summed E-state index contributed by atoms with van der Waals surface area (Å²) in [5.74, 6) is -0.106. The zero-order valence-corrected chi connectivity index (χ0v) is 21.0. The van der Waals surface area contributed by atoms with E-state index in [0.29, 0.717) is 0 Å². The monoisotopic (exact) mass is 509 g/mol. The number of rotatable bonds is 5. The molecule has 0 spiro atoms. The van der Waals surface area contributed by atoms with Gasteiger partial charge >= 0.3 is 0 Å². The van der Waals surface area contributed by atoms with Crippen LogP contribution in [0.2, 0.25) is 0 Å². The summed E-state index contributed by atoms with van der Waals surface area (Å²) in [4.78, 5) is 30.2. The van der Waals surface area contributed by atoms with Gasteiger partial charge in [-0.1, -0.05) is 96.7 Å². The van der Waals surface area contributed by atoms with Crippen molar-refractivity contribution >= 4 is 46.7 Å². The van der Waals surface area contributed by atoms with Gasteiger partial charge in [-0.15, -0.1) is 11.8 Å². The smallest absolute Gasteiger partial charge is 0.258 e. The summed E-state index contributed by atoms with van der Waals surface area (Å²) in [7, 11) is 0. The number of nitrogens with one attached hydrogen (secondary N) is 1. The van der Waals surface area contributed by atoms with Crippen LogP contribution >= 0.6 is 23.5 Å². The highest BCUT2D eigenvalue weighted by atomic mass is 32.2. The Morgan fingerprint density at radius 1 is 0.750 bits per heavy atom. The maximum Gasteiger partial charge on any atom is 0.258 e. The van der Waals surface area contributed by atoms with Crippen LogP contribution in [0.1, 0.15) is 11.1 Å².